The van der Waals surface area contributed by atoms with E-state index in [1.54, 1.807) is 11.8 Å². The van der Waals surface area contributed by atoms with E-state index in [0.717, 1.165) is 23.3 Å². The number of hydrogen-bond acceptors (Lipinski definition) is 6. The van der Waals surface area contributed by atoms with Gasteiger partial charge in [0.25, 0.3) is 0 Å². The molecular formula is C14H18N4O4S. The molecule has 0 unspecified atom stereocenters. The van der Waals surface area contributed by atoms with Crippen molar-refractivity contribution in [1.29, 1.82) is 0 Å². The minimum absolute atomic E-state index is 0.655. The number of carbonyl (C=O) groups is 2. The van der Waals surface area contributed by atoms with Gasteiger partial charge in [0.05, 0.1) is 6.54 Å². The maximum Gasteiger partial charge on any atom is 0.414 e. The number of thioether (sulfide) groups is 1. The highest BCUT2D eigenvalue weighted by molar-refractivity contribution is 7.99. The zero-order valence-electron chi connectivity index (χ0n) is 12.5. The summed E-state index contributed by atoms with van der Waals surface area (Å²) >= 11 is 1.65. The van der Waals surface area contributed by atoms with Gasteiger partial charge in [-0.2, -0.15) is 0 Å². The molecule has 0 saturated heterocycles. The zero-order valence-corrected chi connectivity index (χ0v) is 13.4. The number of nitrogens with zero attached hydrogens (tertiary/aromatic N) is 3. The van der Waals surface area contributed by atoms with Gasteiger partial charge in [-0.15, -0.1) is 10.2 Å². The number of carboxylic acid groups (broad SMARTS) is 2. The molecule has 0 radical (unpaired) electrons. The quantitative estimate of drug-likeness (QED) is 0.540. The normalized spacial score (nSPS) is 9.83. The fourth-order valence-electron chi connectivity index (χ4n) is 1.57. The van der Waals surface area contributed by atoms with Crippen LogP contribution in [0.25, 0.3) is 0 Å². The minimum Gasteiger partial charge on any atom is -0.473 e. The second-order valence-electron chi connectivity index (χ2n) is 4.35. The summed E-state index contributed by atoms with van der Waals surface area (Å²) < 4.78 is 2.12. The first-order chi connectivity index (χ1) is 11.0. The summed E-state index contributed by atoms with van der Waals surface area (Å²) in [5.74, 6) is -1.84. The number of aromatic nitrogens is 3. The molecule has 0 aliphatic heterocycles. The number of rotatable bonds is 5. The lowest BCUT2D eigenvalue weighted by molar-refractivity contribution is -0.159. The molecule has 1 heterocycles. The van der Waals surface area contributed by atoms with Crippen molar-refractivity contribution >= 4 is 23.7 Å². The standard InChI is InChI=1S/C12H16N4S.C2H2O4/c1-10-14-15-12(17-8-7-13)16(10)9-11-5-3-2-4-6-11;3-1(4)2(5)6/h2-6H,7-9,13H2,1H3;(H,3,4)(H,5,6). The van der Waals surface area contributed by atoms with Crippen molar-refractivity contribution in [2.75, 3.05) is 12.3 Å². The van der Waals surface area contributed by atoms with Gasteiger partial charge in [-0.3, -0.25) is 0 Å². The van der Waals surface area contributed by atoms with Gasteiger partial charge in [0.1, 0.15) is 5.82 Å². The Labute approximate surface area is 137 Å². The van der Waals surface area contributed by atoms with Crippen molar-refractivity contribution in [3.8, 4) is 0 Å². The molecule has 4 N–H and O–H groups in total. The molecule has 9 heteroatoms. The molecule has 0 amide bonds. The third-order valence-electron chi connectivity index (χ3n) is 2.62. The van der Waals surface area contributed by atoms with E-state index in [1.807, 2.05) is 25.1 Å². The Balaban J connectivity index is 0.000000379. The molecule has 0 saturated carbocycles. The van der Waals surface area contributed by atoms with Gasteiger partial charge < -0.3 is 20.5 Å². The lowest BCUT2D eigenvalue weighted by atomic mass is 10.2. The Hall–Kier alpha value is -2.39. The van der Waals surface area contributed by atoms with E-state index >= 15 is 0 Å². The van der Waals surface area contributed by atoms with Gasteiger partial charge in [0.2, 0.25) is 0 Å². The molecule has 0 bridgehead atoms. The minimum atomic E-state index is -1.82. The Morgan fingerprint density at radius 2 is 1.78 bits per heavy atom. The van der Waals surface area contributed by atoms with Gasteiger partial charge >= 0.3 is 11.9 Å². The van der Waals surface area contributed by atoms with E-state index < -0.39 is 11.9 Å². The Kier molecular flexibility index (Phi) is 7.78. The zero-order chi connectivity index (χ0) is 17.2. The van der Waals surface area contributed by atoms with Crippen molar-refractivity contribution < 1.29 is 19.8 Å². The molecule has 23 heavy (non-hydrogen) atoms. The van der Waals surface area contributed by atoms with Crippen molar-refractivity contribution in [3.05, 3.63) is 41.7 Å². The summed E-state index contributed by atoms with van der Waals surface area (Å²) in [6.45, 7) is 3.44. The van der Waals surface area contributed by atoms with Crippen LogP contribution in [0.1, 0.15) is 11.4 Å². The second kappa shape index (κ2) is 9.59. The first-order valence-electron chi connectivity index (χ1n) is 6.68. The Morgan fingerprint density at radius 3 is 2.30 bits per heavy atom. The number of aliphatic carboxylic acids is 2. The Bertz CT molecular complexity index is 633. The maximum atomic E-state index is 9.10. The predicted octanol–water partition coefficient (Wildman–Crippen LogP) is 0.841. The van der Waals surface area contributed by atoms with Gasteiger partial charge in [-0.05, 0) is 12.5 Å². The predicted molar refractivity (Wildman–Crippen MR) is 85.4 cm³/mol. The largest absolute Gasteiger partial charge is 0.473 e. The van der Waals surface area contributed by atoms with Crippen molar-refractivity contribution in [3.63, 3.8) is 0 Å². The molecule has 1 aromatic heterocycles. The van der Waals surface area contributed by atoms with Crippen LogP contribution in [0.5, 0.6) is 0 Å². The number of aryl methyl sites for hydroxylation is 1. The smallest absolute Gasteiger partial charge is 0.414 e. The molecule has 1 aromatic carbocycles. The highest BCUT2D eigenvalue weighted by Gasteiger charge is 2.09. The van der Waals surface area contributed by atoms with Crippen molar-refractivity contribution in [1.82, 2.24) is 14.8 Å². The molecule has 0 atom stereocenters. The Morgan fingerprint density at radius 1 is 1.17 bits per heavy atom. The van der Waals surface area contributed by atoms with Crippen molar-refractivity contribution in [2.24, 2.45) is 5.73 Å². The van der Waals surface area contributed by atoms with Crippen molar-refractivity contribution in [2.45, 2.75) is 18.6 Å². The summed E-state index contributed by atoms with van der Waals surface area (Å²) in [6.07, 6.45) is 0. The van der Waals surface area contributed by atoms with Crippen LogP contribution < -0.4 is 5.73 Å². The van der Waals surface area contributed by atoms with Gasteiger partial charge in [0.15, 0.2) is 5.16 Å². The van der Waals surface area contributed by atoms with E-state index in [4.69, 9.17) is 25.5 Å². The van der Waals surface area contributed by atoms with Crippen LogP contribution in [-0.2, 0) is 16.1 Å². The summed E-state index contributed by atoms with van der Waals surface area (Å²) in [5, 5.41) is 24.0. The van der Waals surface area contributed by atoms with Gasteiger partial charge in [-0.1, -0.05) is 42.1 Å². The molecule has 2 aromatic rings. The summed E-state index contributed by atoms with van der Waals surface area (Å²) in [6, 6.07) is 10.3. The van der Waals surface area contributed by atoms with Crippen LogP contribution in [0.2, 0.25) is 0 Å². The first kappa shape index (κ1) is 18.7. The molecule has 0 aliphatic rings. The van der Waals surface area contributed by atoms with Gasteiger partial charge in [0, 0.05) is 12.3 Å². The van der Waals surface area contributed by atoms with Crippen LogP contribution in [0.3, 0.4) is 0 Å². The third-order valence-corrected chi connectivity index (χ3v) is 3.62. The number of carboxylic acids is 2. The molecule has 2 rings (SSSR count). The van der Waals surface area contributed by atoms with E-state index in [9.17, 15) is 0 Å². The number of benzene rings is 1. The molecular weight excluding hydrogens is 320 g/mol. The van der Waals surface area contributed by atoms with Crippen LogP contribution in [0, 0.1) is 6.92 Å². The number of nitrogens with two attached hydrogens (primary N) is 1. The highest BCUT2D eigenvalue weighted by Crippen LogP contribution is 2.17. The lowest BCUT2D eigenvalue weighted by Crippen LogP contribution is -2.09. The lowest BCUT2D eigenvalue weighted by Gasteiger charge is -2.07. The summed E-state index contributed by atoms with van der Waals surface area (Å²) in [5.41, 5.74) is 6.76. The van der Waals surface area contributed by atoms with Gasteiger partial charge in [-0.25, -0.2) is 9.59 Å². The fraction of sp³-hybridized carbons (Fsp3) is 0.286. The molecule has 124 valence electrons. The second-order valence-corrected chi connectivity index (χ2v) is 5.41. The molecule has 0 fully saturated rings. The third kappa shape index (κ3) is 6.49. The molecule has 0 spiro atoms. The SMILES string of the molecule is Cc1nnc(SCCN)n1Cc1ccccc1.O=C(O)C(=O)O. The number of hydrogen-bond donors (Lipinski definition) is 3. The highest BCUT2D eigenvalue weighted by atomic mass is 32.2. The summed E-state index contributed by atoms with van der Waals surface area (Å²) in [4.78, 5) is 18.2. The van der Waals surface area contributed by atoms with E-state index in [0.29, 0.717) is 6.54 Å². The van der Waals surface area contributed by atoms with Crippen LogP contribution >= 0.6 is 11.8 Å². The van der Waals surface area contributed by atoms with E-state index in [2.05, 4.69) is 26.9 Å². The summed E-state index contributed by atoms with van der Waals surface area (Å²) in [7, 11) is 0. The van der Waals surface area contributed by atoms with E-state index in [-0.39, 0.29) is 0 Å². The monoisotopic (exact) mass is 338 g/mol. The van der Waals surface area contributed by atoms with Crippen LogP contribution in [0.4, 0.5) is 0 Å². The topological polar surface area (TPSA) is 131 Å². The average molecular weight is 338 g/mol. The van der Waals surface area contributed by atoms with Crippen LogP contribution in [0.15, 0.2) is 35.5 Å². The van der Waals surface area contributed by atoms with E-state index in [1.165, 1.54) is 5.56 Å². The molecule has 8 nitrogen and oxygen atoms in total. The average Bonchev–Trinajstić information content (AvgIpc) is 2.87. The van der Waals surface area contributed by atoms with Crippen LogP contribution in [-0.4, -0.2) is 49.2 Å². The molecule has 0 aliphatic carbocycles. The first-order valence-corrected chi connectivity index (χ1v) is 7.67. The maximum absolute atomic E-state index is 9.10. The fourth-order valence-corrected chi connectivity index (χ4v) is 2.32.